The molecule has 0 aromatic rings. The summed E-state index contributed by atoms with van der Waals surface area (Å²) in [5.74, 6) is 0.120. The number of carbonyl (C=O) groups is 1. The number of hydrogen-bond donors (Lipinski definition) is 2. The van der Waals surface area contributed by atoms with E-state index in [-0.39, 0.29) is 18.6 Å². The Morgan fingerprint density at radius 3 is 2.50 bits per heavy atom. The molecular formula is C12H24N2O2. The lowest BCUT2D eigenvalue weighted by Crippen LogP contribution is -2.49. The van der Waals surface area contributed by atoms with Crippen LogP contribution >= 0.6 is 0 Å². The van der Waals surface area contributed by atoms with E-state index in [1.54, 1.807) is 0 Å². The van der Waals surface area contributed by atoms with Crippen LogP contribution < -0.4 is 5.32 Å². The van der Waals surface area contributed by atoms with Crippen LogP contribution in [0.5, 0.6) is 0 Å². The molecule has 4 heteroatoms. The number of nitrogens with one attached hydrogen (secondary N) is 1. The normalized spacial score (nSPS) is 17.9. The third-order valence-electron chi connectivity index (χ3n) is 3.04. The summed E-state index contributed by atoms with van der Waals surface area (Å²) < 4.78 is 0. The molecule has 2 N–H and O–H groups in total. The fourth-order valence-electron chi connectivity index (χ4n) is 1.85. The van der Waals surface area contributed by atoms with Crippen molar-refractivity contribution in [2.45, 2.75) is 58.2 Å². The maximum absolute atomic E-state index is 11.9. The molecular weight excluding hydrogens is 204 g/mol. The van der Waals surface area contributed by atoms with Crippen LogP contribution in [0.4, 0.5) is 0 Å². The molecule has 1 aliphatic carbocycles. The van der Waals surface area contributed by atoms with E-state index in [4.69, 9.17) is 5.11 Å². The molecule has 1 saturated carbocycles. The average Bonchev–Trinajstić information content (AvgIpc) is 3.01. The van der Waals surface area contributed by atoms with E-state index in [0.29, 0.717) is 12.1 Å². The van der Waals surface area contributed by atoms with Gasteiger partial charge >= 0.3 is 0 Å². The minimum absolute atomic E-state index is 0.104. The second-order valence-corrected chi connectivity index (χ2v) is 4.87. The predicted octanol–water partition coefficient (Wildman–Crippen LogP) is 0.746. The van der Waals surface area contributed by atoms with Gasteiger partial charge in [0.05, 0.1) is 6.04 Å². The first-order valence-corrected chi connectivity index (χ1v) is 6.23. The Kier molecular flexibility index (Phi) is 5.22. The summed E-state index contributed by atoms with van der Waals surface area (Å²) >= 11 is 0. The van der Waals surface area contributed by atoms with Crippen LogP contribution in [0.3, 0.4) is 0 Å². The average molecular weight is 228 g/mol. The minimum Gasteiger partial charge on any atom is -0.396 e. The zero-order valence-electron chi connectivity index (χ0n) is 10.6. The van der Waals surface area contributed by atoms with Crippen LogP contribution in [0.15, 0.2) is 0 Å². The van der Waals surface area contributed by atoms with Crippen molar-refractivity contribution < 1.29 is 9.90 Å². The van der Waals surface area contributed by atoms with Gasteiger partial charge in [0.15, 0.2) is 0 Å². The minimum atomic E-state index is -0.104. The van der Waals surface area contributed by atoms with Crippen molar-refractivity contribution in [1.29, 1.82) is 0 Å². The molecule has 0 aromatic carbocycles. The molecule has 0 spiro atoms. The number of amides is 1. The molecule has 1 unspecified atom stereocenters. The molecule has 16 heavy (non-hydrogen) atoms. The Bertz CT molecular complexity index is 227. The third kappa shape index (κ3) is 4.10. The second-order valence-electron chi connectivity index (χ2n) is 4.87. The van der Waals surface area contributed by atoms with Crippen molar-refractivity contribution in [3.63, 3.8) is 0 Å². The maximum atomic E-state index is 11.9. The molecule has 0 radical (unpaired) electrons. The number of aliphatic hydroxyl groups excluding tert-OH is 1. The van der Waals surface area contributed by atoms with Gasteiger partial charge in [-0.3, -0.25) is 9.69 Å². The summed E-state index contributed by atoms with van der Waals surface area (Å²) in [4.78, 5) is 14.0. The number of rotatable bonds is 7. The smallest absolute Gasteiger partial charge is 0.237 e. The monoisotopic (exact) mass is 228 g/mol. The molecule has 0 aromatic heterocycles. The molecule has 1 amide bonds. The van der Waals surface area contributed by atoms with Gasteiger partial charge in [-0.25, -0.2) is 0 Å². The Labute approximate surface area is 98.0 Å². The highest BCUT2D eigenvalue weighted by Crippen LogP contribution is 2.19. The Morgan fingerprint density at radius 1 is 1.44 bits per heavy atom. The molecule has 1 rings (SSSR count). The molecule has 0 aliphatic heterocycles. The number of hydrogen-bond acceptors (Lipinski definition) is 3. The Morgan fingerprint density at radius 2 is 2.06 bits per heavy atom. The van der Waals surface area contributed by atoms with Gasteiger partial charge in [0.2, 0.25) is 5.91 Å². The summed E-state index contributed by atoms with van der Waals surface area (Å²) in [6.45, 7) is 7.05. The molecule has 1 atom stereocenters. The van der Waals surface area contributed by atoms with Gasteiger partial charge in [-0.1, -0.05) is 0 Å². The van der Waals surface area contributed by atoms with Crippen molar-refractivity contribution in [3.8, 4) is 0 Å². The number of aliphatic hydroxyl groups is 1. The molecule has 1 fully saturated rings. The van der Waals surface area contributed by atoms with E-state index >= 15 is 0 Å². The van der Waals surface area contributed by atoms with Crippen LogP contribution in [0, 0.1) is 0 Å². The van der Waals surface area contributed by atoms with Crippen molar-refractivity contribution in [2.75, 3.05) is 13.2 Å². The summed E-state index contributed by atoms with van der Waals surface area (Å²) in [6.07, 6.45) is 2.97. The SMILES string of the molecule is CC(C)N(CCCO)C(C)C(=O)NC1CC1. The first-order valence-electron chi connectivity index (χ1n) is 6.23. The summed E-state index contributed by atoms with van der Waals surface area (Å²) in [5.41, 5.74) is 0. The van der Waals surface area contributed by atoms with Gasteiger partial charge < -0.3 is 10.4 Å². The van der Waals surface area contributed by atoms with Gasteiger partial charge in [-0.2, -0.15) is 0 Å². The highest BCUT2D eigenvalue weighted by atomic mass is 16.3. The standard InChI is InChI=1S/C12H24N2O2/c1-9(2)14(7-4-8-15)10(3)12(16)13-11-5-6-11/h9-11,15H,4-8H2,1-3H3,(H,13,16). The topological polar surface area (TPSA) is 52.6 Å². The second kappa shape index (κ2) is 6.21. The number of carbonyl (C=O) groups excluding carboxylic acids is 1. The summed E-state index contributed by atoms with van der Waals surface area (Å²) in [6, 6.07) is 0.639. The van der Waals surface area contributed by atoms with Crippen LogP contribution in [0.25, 0.3) is 0 Å². The molecule has 0 saturated heterocycles. The molecule has 1 aliphatic rings. The molecule has 4 nitrogen and oxygen atoms in total. The van der Waals surface area contributed by atoms with Gasteiger partial charge in [0.1, 0.15) is 0 Å². The van der Waals surface area contributed by atoms with Gasteiger partial charge in [-0.15, -0.1) is 0 Å². The van der Waals surface area contributed by atoms with E-state index < -0.39 is 0 Å². The van der Waals surface area contributed by atoms with Crippen LogP contribution in [0.1, 0.15) is 40.0 Å². The van der Waals surface area contributed by atoms with Crippen molar-refractivity contribution >= 4 is 5.91 Å². The van der Waals surface area contributed by atoms with E-state index in [1.807, 2.05) is 6.92 Å². The van der Waals surface area contributed by atoms with Crippen LogP contribution in [-0.2, 0) is 4.79 Å². The molecule has 94 valence electrons. The van der Waals surface area contributed by atoms with Crippen molar-refractivity contribution in [2.24, 2.45) is 0 Å². The predicted molar refractivity (Wildman–Crippen MR) is 64.2 cm³/mol. The van der Waals surface area contributed by atoms with E-state index in [2.05, 4.69) is 24.1 Å². The Hall–Kier alpha value is -0.610. The lowest BCUT2D eigenvalue weighted by Gasteiger charge is -2.31. The van der Waals surface area contributed by atoms with E-state index in [0.717, 1.165) is 25.8 Å². The lowest BCUT2D eigenvalue weighted by atomic mass is 10.2. The largest absolute Gasteiger partial charge is 0.396 e. The van der Waals surface area contributed by atoms with E-state index in [1.165, 1.54) is 0 Å². The third-order valence-corrected chi connectivity index (χ3v) is 3.04. The van der Waals surface area contributed by atoms with Crippen LogP contribution in [0.2, 0.25) is 0 Å². The summed E-state index contributed by atoms with van der Waals surface area (Å²) in [5, 5.41) is 11.9. The van der Waals surface area contributed by atoms with Gasteiger partial charge in [-0.05, 0) is 40.0 Å². The fourth-order valence-corrected chi connectivity index (χ4v) is 1.85. The lowest BCUT2D eigenvalue weighted by molar-refractivity contribution is -0.126. The molecule has 0 bridgehead atoms. The zero-order chi connectivity index (χ0) is 12.1. The van der Waals surface area contributed by atoms with Crippen LogP contribution in [-0.4, -0.2) is 47.2 Å². The Balaban J connectivity index is 2.43. The van der Waals surface area contributed by atoms with Gasteiger partial charge in [0.25, 0.3) is 0 Å². The zero-order valence-corrected chi connectivity index (χ0v) is 10.6. The summed E-state index contributed by atoms with van der Waals surface area (Å²) in [7, 11) is 0. The van der Waals surface area contributed by atoms with Crippen molar-refractivity contribution in [1.82, 2.24) is 10.2 Å². The van der Waals surface area contributed by atoms with Crippen molar-refractivity contribution in [3.05, 3.63) is 0 Å². The highest BCUT2D eigenvalue weighted by Gasteiger charge is 2.28. The fraction of sp³-hybridized carbons (Fsp3) is 0.917. The first-order chi connectivity index (χ1) is 7.56. The maximum Gasteiger partial charge on any atom is 0.237 e. The first kappa shape index (κ1) is 13.5. The van der Waals surface area contributed by atoms with Gasteiger partial charge in [0, 0.05) is 25.2 Å². The molecule has 0 heterocycles. The quantitative estimate of drug-likeness (QED) is 0.676. The number of nitrogens with zero attached hydrogens (tertiary/aromatic N) is 1. The highest BCUT2D eigenvalue weighted by molar-refractivity contribution is 5.81. The van der Waals surface area contributed by atoms with E-state index in [9.17, 15) is 4.79 Å².